The highest BCUT2D eigenvalue weighted by molar-refractivity contribution is 6.11. The van der Waals surface area contributed by atoms with E-state index in [1.54, 1.807) is 0 Å². The first-order valence-corrected chi connectivity index (χ1v) is 21.7. The van der Waals surface area contributed by atoms with Crippen molar-refractivity contribution in [3.8, 4) is 33.4 Å². The summed E-state index contributed by atoms with van der Waals surface area (Å²) in [6.07, 6.45) is 0. The van der Waals surface area contributed by atoms with E-state index in [1.165, 1.54) is 11.1 Å². The third-order valence-corrected chi connectivity index (χ3v) is 12.3. The van der Waals surface area contributed by atoms with Crippen molar-refractivity contribution in [2.75, 3.05) is 9.80 Å². The average Bonchev–Trinajstić information content (AvgIpc) is 3.95. The summed E-state index contributed by atoms with van der Waals surface area (Å²) in [7, 11) is 0. The van der Waals surface area contributed by atoms with Crippen LogP contribution in [0.15, 0.2) is 251 Å². The second-order valence-electron chi connectivity index (χ2n) is 16.1. The molecule has 0 unspecified atom stereocenters. The van der Waals surface area contributed by atoms with E-state index in [0.717, 1.165) is 100 Å². The Labute approximate surface area is 371 Å². The predicted octanol–water partition coefficient (Wildman–Crippen LogP) is 17.4. The molecule has 0 bridgehead atoms. The van der Waals surface area contributed by atoms with E-state index in [2.05, 4.69) is 228 Å². The Hall–Kier alpha value is -8.60. The zero-order valence-electron chi connectivity index (χ0n) is 34.8. The summed E-state index contributed by atoms with van der Waals surface area (Å²) in [5.41, 5.74) is 16.3. The smallest absolute Gasteiger partial charge is 0.159 e. The van der Waals surface area contributed by atoms with Crippen LogP contribution in [0.2, 0.25) is 0 Å². The maximum Gasteiger partial charge on any atom is 0.159 e. The van der Waals surface area contributed by atoms with Gasteiger partial charge in [-0.2, -0.15) is 0 Å². The largest absolute Gasteiger partial charge is 0.454 e. The molecule has 302 valence electrons. The van der Waals surface area contributed by atoms with E-state index >= 15 is 0 Å². The molecule has 0 N–H and O–H groups in total. The fourth-order valence-electron chi connectivity index (χ4n) is 9.19. The van der Waals surface area contributed by atoms with Gasteiger partial charge >= 0.3 is 0 Å². The Kier molecular flexibility index (Phi) is 9.12. The van der Waals surface area contributed by atoms with Crippen molar-refractivity contribution in [3.05, 3.63) is 243 Å². The third kappa shape index (κ3) is 6.57. The highest BCUT2D eigenvalue weighted by Gasteiger charge is 2.22. The molecule has 0 atom stereocenters. The van der Waals surface area contributed by atoms with Crippen molar-refractivity contribution in [3.63, 3.8) is 0 Å². The lowest BCUT2D eigenvalue weighted by molar-refractivity contribution is 0.668. The van der Waals surface area contributed by atoms with Gasteiger partial charge in [-0.15, -0.1) is 0 Å². The number of nitrogens with zero attached hydrogens (tertiary/aromatic N) is 2. The molecule has 2 aromatic heterocycles. The summed E-state index contributed by atoms with van der Waals surface area (Å²) in [6.45, 7) is 0. The fourth-order valence-corrected chi connectivity index (χ4v) is 9.19. The number of para-hydroxylation sites is 4. The van der Waals surface area contributed by atoms with E-state index in [-0.39, 0.29) is 0 Å². The highest BCUT2D eigenvalue weighted by Crippen LogP contribution is 2.46. The van der Waals surface area contributed by atoms with Crippen molar-refractivity contribution in [1.82, 2.24) is 0 Å². The van der Waals surface area contributed by atoms with Crippen LogP contribution in [0.25, 0.3) is 77.3 Å². The minimum absolute atomic E-state index is 0.844. The fraction of sp³-hybridized carbons (Fsp3) is 0. The Bertz CT molecular complexity index is 3370. The van der Waals surface area contributed by atoms with E-state index in [4.69, 9.17) is 8.83 Å². The van der Waals surface area contributed by atoms with Crippen LogP contribution in [0, 0.1) is 0 Å². The van der Waals surface area contributed by atoms with Crippen molar-refractivity contribution >= 4 is 78.0 Å². The van der Waals surface area contributed by atoms with Gasteiger partial charge in [0.2, 0.25) is 0 Å². The van der Waals surface area contributed by atoms with Gasteiger partial charge in [0, 0.05) is 44.3 Å². The van der Waals surface area contributed by atoms with Gasteiger partial charge in [-0.3, -0.25) is 0 Å². The number of rotatable bonds is 9. The van der Waals surface area contributed by atoms with E-state index in [0.29, 0.717) is 0 Å². The summed E-state index contributed by atoms with van der Waals surface area (Å²) in [6, 6.07) is 85.7. The van der Waals surface area contributed by atoms with Gasteiger partial charge < -0.3 is 18.6 Å². The van der Waals surface area contributed by atoms with Gasteiger partial charge in [0.1, 0.15) is 11.2 Å². The van der Waals surface area contributed by atoms with Crippen LogP contribution in [0.4, 0.5) is 34.1 Å². The van der Waals surface area contributed by atoms with Crippen molar-refractivity contribution in [1.29, 1.82) is 0 Å². The highest BCUT2D eigenvalue weighted by atomic mass is 16.3. The quantitative estimate of drug-likeness (QED) is 0.145. The van der Waals surface area contributed by atoms with Gasteiger partial charge in [-0.25, -0.2) is 0 Å². The first-order chi connectivity index (χ1) is 31.7. The average molecular weight is 821 g/mol. The molecule has 0 aliphatic heterocycles. The molecule has 0 saturated heterocycles. The molecule has 4 nitrogen and oxygen atoms in total. The van der Waals surface area contributed by atoms with Gasteiger partial charge in [0.25, 0.3) is 0 Å². The zero-order valence-corrected chi connectivity index (χ0v) is 34.8. The number of hydrogen-bond donors (Lipinski definition) is 0. The first kappa shape index (κ1) is 37.2. The predicted molar refractivity (Wildman–Crippen MR) is 267 cm³/mol. The molecule has 10 aromatic carbocycles. The van der Waals surface area contributed by atoms with Crippen molar-refractivity contribution < 1.29 is 8.83 Å². The van der Waals surface area contributed by atoms with Crippen molar-refractivity contribution in [2.45, 2.75) is 0 Å². The Morgan fingerprint density at radius 3 is 1.02 bits per heavy atom. The van der Waals surface area contributed by atoms with Gasteiger partial charge in [-0.1, -0.05) is 170 Å². The lowest BCUT2D eigenvalue weighted by Crippen LogP contribution is -2.11. The molecule has 0 radical (unpaired) electrons. The molecule has 0 aliphatic rings. The van der Waals surface area contributed by atoms with Gasteiger partial charge in [0.05, 0.1) is 11.4 Å². The molecule has 12 rings (SSSR count). The maximum absolute atomic E-state index is 6.67. The van der Waals surface area contributed by atoms with Crippen LogP contribution >= 0.6 is 0 Å². The molecular weight excluding hydrogens is 781 g/mol. The van der Waals surface area contributed by atoms with Crippen LogP contribution in [0.1, 0.15) is 0 Å². The topological polar surface area (TPSA) is 32.8 Å². The maximum atomic E-state index is 6.67. The lowest BCUT2D eigenvalue weighted by Gasteiger charge is -2.27. The third-order valence-electron chi connectivity index (χ3n) is 12.3. The van der Waals surface area contributed by atoms with Gasteiger partial charge in [0.15, 0.2) is 11.2 Å². The molecule has 2 heterocycles. The monoisotopic (exact) mass is 820 g/mol. The number of benzene rings is 10. The second kappa shape index (κ2) is 15.7. The standard InChI is InChI=1S/C60H40N2O2/c1-3-15-41(16-4-1)43-31-35-47(36-32-43)61(55-27-13-25-53-51-23-7-9-29-57(51)63-59(53)55)49-21-11-19-45(39-49)46-20-12-22-50(40-46)62(48-37-33-44(34-38-48)42-17-5-2-6-18-42)56-28-14-26-54-52-24-8-10-30-58(52)64-60(54)56/h1-40H. The first-order valence-electron chi connectivity index (χ1n) is 21.7. The van der Waals surface area contributed by atoms with E-state index in [9.17, 15) is 0 Å². The molecule has 64 heavy (non-hydrogen) atoms. The molecule has 12 aromatic rings. The van der Waals surface area contributed by atoms with E-state index in [1.807, 2.05) is 24.3 Å². The molecular formula is C60H40N2O2. The molecule has 0 fully saturated rings. The van der Waals surface area contributed by atoms with Crippen LogP contribution in [0.5, 0.6) is 0 Å². The Balaban J connectivity index is 0.995. The van der Waals surface area contributed by atoms with Crippen LogP contribution in [-0.2, 0) is 0 Å². The summed E-state index contributed by atoms with van der Waals surface area (Å²) >= 11 is 0. The SMILES string of the molecule is c1ccc(-c2ccc(N(c3cccc(-c4cccc(N(c5ccc(-c6ccccc6)cc5)c5cccc6c5oc5ccccc56)c4)c3)c3cccc4c3oc3ccccc34)cc2)cc1. The summed E-state index contributed by atoms with van der Waals surface area (Å²) < 4.78 is 13.3. The normalized spacial score (nSPS) is 11.4. The summed E-state index contributed by atoms with van der Waals surface area (Å²) in [4.78, 5) is 4.63. The van der Waals surface area contributed by atoms with Crippen molar-refractivity contribution in [2.24, 2.45) is 0 Å². The second-order valence-corrected chi connectivity index (χ2v) is 16.1. The minimum atomic E-state index is 0.844. The molecule has 0 aliphatic carbocycles. The Morgan fingerprint density at radius 2 is 0.578 bits per heavy atom. The van der Waals surface area contributed by atoms with Gasteiger partial charge in [-0.05, 0) is 106 Å². The molecule has 4 heteroatoms. The summed E-state index contributed by atoms with van der Waals surface area (Å²) in [5, 5.41) is 4.36. The molecule has 0 amide bonds. The number of hydrogen-bond acceptors (Lipinski definition) is 4. The molecule has 0 saturated carbocycles. The zero-order chi connectivity index (χ0) is 42.4. The van der Waals surface area contributed by atoms with Crippen LogP contribution in [0.3, 0.4) is 0 Å². The number of anilines is 6. The lowest BCUT2D eigenvalue weighted by atomic mass is 10.0. The number of furan rings is 2. The van der Waals surface area contributed by atoms with Crippen LogP contribution in [-0.4, -0.2) is 0 Å². The van der Waals surface area contributed by atoms with Crippen LogP contribution < -0.4 is 9.80 Å². The summed E-state index contributed by atoms with van der Waals surface area (Å²) in [5.74, 6) is 0. The minimum Gasteiger partial charge on any atom is -0.454 e. The van der Waals surface area contributed by atoms with E-state index < -0.39 is 0 Å². The molecule has 0 spiro atoms. The Morgan fingerprint density at radius 1 is 0.234 bits per heavy atom. The number of fused-ring (bicyclic) bond motifs is 6.